The molecule has 1 aromatic carbocycles. The number of carbonyl (C=O) groups is 2. The number of ether oxygens (including phenoxy) is 2. The number of nitrogens with zero attached hydrogens (tertiary/aromatic N) is 2. The summed E-state index contributed by atoms with van der Waals surface area (Å²) in [6.45, 7) is 7.46. The molecule has 2 fully saturated rings. The summed E-state index contributed by atoms with van der Waals surface area (Å²) in [6, 6.07) is 7.41. The lowest BCUT2D eigenvalue weighted by molar-refractivity contribution is -0.123. The van der Waals surface area contributed by atoms with Gasteiger partial charge in [-0.15, -0.1) is 24.0 Å². The number of hydrogen-bond acceptors (Lipinski definition) is 5. The maximum absolute atomic E-state index is 12.6. The van der Waals surface area contributed by atoms with E-state index in [-0.39, 0.29) is 48.4 Å². The molecule has 0 spiro atoms. The first-order valence-corrected chi connectivity index (χ1v) is 11.5. The van der Waals surface area contributed by atoms with Crippen LogP contribution < -0.4 is 16.0 Å². The molecule has 0 aromatic heterocycles. The van der Waals surface area contributed by atoms with Crippen LogP contribution in [0.15, 0.2) is 29.3 Å². The van der Waals surface area contributed by atoms with Gasteiger partial charge in [-0.2, -0.15) is 0 Å². The number of piperazine rings is 1. The van der Waals surface area contributed by atoms with E-state index in [0.717, 1.165) is 50.5 Å². The van der Waals surface area contributed by atoms with Gasteiger partial charge in [0, 0.05) is 45.0 Å². The Balaban J connectivity index is 0.00000385. The highest BCUT2D eigenvalue weighted by Crippen LogP contribution is 2.12. The molecule has 2 aliphatic rings. The van der Waals surface area contributed by atoms with Crippen molar-refractivity contribution < 1.29 is 19.1 Å². The van der Waals surface area contributed by atoms with Crippen molar-refractivity contribution in [3.63, 3.8) is 0 Å². The summed E-state index contributed by atoms with van der Waals surface area (Å²) in [5, 5.41) is 9.30. The Morgan fingerprint density at radius 3 is 2.82 bits per heavy atom. The van der Waals surface area contributed by atoms with E-state index in [1.807, 2.05) is 19.1 Å². The van der Waals surface area contributed by atoms with Crippen molar-refractivity contribution in [2.75, 3.05) is 52.5 Å². The minimum Gasteiger partial charge on any atom is -0.379 e. The fourth-order valence-corrected chi connectivity index (χ4v) is 3.63. The average Bonchev–Trinajstić information content (AvgIpc) is 3.33. The Hall–Kier alpha value is -1.92. The van der Waals surface area contributed by atoms with Gasteiger partial charge in [0.2, 0.25) is 5.91 Å². The number of aliphatic imine (C=N–C) groups is 1. The quantitative estimate of drug-likeness (QED) is 0.170. The van der Waals surface area contributed by atoms with Crippen molar-refractivity contribution in [3.05, 3.63) is 35.4 Å². The smallest absolute Gasteiger partial charge is 0.254 e. The van der Waals surface area contributed by atoms with E-state index < -0.39 is 0 Å². The van der Waals surface area contributed by atoms with Gasteiger partial charge in [-0.05, 0) is 43.9 Å². The molecule has 3 N–H and O–H groups in total. The van der Waals surface area contributed by atoms with Crippen LogP contribution in [0.2, 0.25) is 0 Å². The number of hydrogen-bond donors (Lipinski definition) is 3. The van der Waals surface area contributed by atoms with Gasteiger partial charge < -0.3 is 30.3 Å². The molecule has 0 aliphatic carbocycles. The molecular weight excluding hydrogens is 537 g/mol. The zero-order valence-electron chi connectivity index (χ0n) is 19.3. The van der Waals surface area contributed by atoms with Gasteiger partial charge in [0.15, 0.2) is 5.96 Å². The molecule has 0 bridgehead atoms. The van der Waals surface area contributed by atoms with Crippen molar-refractivity contribution in [2.45, 2.75) is 38.8 Å². The van der Waals surface area contributed by atoms with Crippen LogP contribution in [0, 0.1) is 0 Å². The lowest BCUT2D eigenvalue weighted by Gasteiger charge is -2.26. The van der Waals surface area contributed by atoms with Gasteiger partial charge in [-0.1, -0.05) is 12.1 Å². The minimum atomic E-state index is -0.119. The molecule has 2 saturated heterocycles. The molecule has 184 valence electrons. The molecule has 9 nitrogen and oxygen atoms in total. The van der Waals surface area contributed by atoms with Crippen molar-refractivity contribution in [2.24, 2.45) is 4.99 Å². The summed E-state index contributed by atoms with van der Waals surface area (Å²) in [6.07, 6.45) is 3.39. The number of halogens is 1. The van der Waals surface area contributed by atoms with E-state index in [1.165, 1.54) is 0 Å². The summed E-state index contributed by atoms with van der Waals surface area (Å²) in [7, 11) is 0. The first-order chi connectivity index (χ1) is 15.7. The van der Waals surface area contributed by atoms with Crippen LogP contribution in [-0.2, 0) is 20.8 Å². The van der Waals surface area contributed by atoms with Gasteiger partial charge in [0.05, 0.1) is 25.8 Å². The van der Waals surface area contributed by atoms with Gasteiger partial charge in [-0.25, -0.2) is 4.99 Å². The molecule has 0 saturated carbocycles. The Labute approximate surface area is 213 Å². The van der Waals surface area contributed by atoms with Crippen LogP contribution in [0.1, 0.15) is 42.1 Å². The molecular formula is C23H36IN5O4. The third kappa shape index (κ3) is 9.46. The molecule has 2 aliphatic heterocycles. The van der Waals surface area contributed by atoms with Crippen LogP contribution in [0.3, 0.4) is 0 Å². The largest absolute Gasteiger partial charge is 0.379 e. The van der Waals surface area contributed by atoms with Crippen molar-refractivity contribution >= 4 is 41.8 Å². The van der Waals surface area contributed by atoms with Gasteiger partial charge >= 0.3 is 0 Å². The third-order valence-electron chi connectivity index (χ3n) is 5.38. The predicted octanol–water partition coefficient (Wildman–Crippen LogP) is 1.52. The lowest BCUT2D eigenvalue weighted by Crippen LogP contribution is -2.49. The fourth-order valence-electron chi connectivity index (χ4n) is 3.63. The van der Waals surface area contributed by atoms with E-state index >= 15 is 0 Å². The highest BCUT2D eigenvalue weighted by Gasteiger charge is 2.22. The van der Waals surface area contributed by atoms with E-state index in [4.69, 9.17) is 9.47 Å². The predicted molar refractivity (Wildman–Crippen MR) is 138 cm³/mol. The van der Waals surface area contributed by atoms with Gasteiger partial charge in [0.1, 0.15) is 0 Å². The molecule has 1 unspecified atom stereocenters. The van der Waals surface area contributed by atoms with Crippen molar-refractivity contribution in [3.8, 4) is 0 Å². The molecule has 3 rings (SSSR count). The van der Waals surface area contributed by atoms with Crippen molar-refractivity contribution in [1.82, 2.24) is 20.9 Å². The minimum absolute atomic E-state index is 0. The molecule has 1 aromatic rings. The van der Waals surface area contributed by atoms with Crippen LogP contribution >= 0.6 is 24.0 Å². The van der Waals surface area contributed by atoms with Crippen LogP contribution in [0.4, 0.5) is 0 Å². The maximum Gasteiger partial charge on any atom is 0.254 e. The molecule has 10 heteroatoms. The molecule has 2 amide bonds. The monoisotopic (exact) mass is 573 g/mol. The summed E-state index contributed by atoms with van der Waals surface area (Å²) >= 11 is 0. The number of benzene rings is 1. The Morgan fingerprint density at radius 2 is 2.12 bits per heavy atom. The van der Waals surface area contributed by atoms with Crippen LogP contribution in [0.5, 0.6) is 0 Å². The number of carbonyl (C=O) groups excluding carboxylic acids is 2. The number of nitrogens with one attached hydrogen (secondary N) is 3. The fraction of sp³-hybridized carbons (Fsp3) is 0.609. The number of guanidine groups is 1. The molecule has 33 heavy (non-hydrogen) atoms. The van der Waals surface area contributed by atoms with Gasteiger partial charge in [0.25, 0.3) is 5.91 Å². The van der Waals surface area contributed by atoms with E-state index in [9.17, 15) is 9.59 Å². The Bertz CT molecular complexity index is 769. The third-order valence-corrected chi connectivity index (χ3v) is 5.38. The van der Waals surface area contributed by atoms with Gasteiger partial charge in [-0.3, -0.25) is 9.59 Å². The standard InChI is InChI=1S/C23H35N5O4.HI/c1-2-24-23(26-10-4-13-31-17-20-5-3-14-32-20)27-15-18-6-8-19(9-7-18)22(30)28-12-11-25-21(29)16-28;/h6-9,20H,2-5,10-17H2,1H3,(H,25,29)(H2,24,26,27);1H. The summed E-state index contributed by atoms with van der Waals surface area (Å²) in [4.78, 5) is 30.3. The molecule has 2 heterocycles. The number of amides is 2. The number of rotatable bonds is 10. The zero-order valence-corrected chi connectivity index (χ0v) is 21.6. The average molecular weight is 573 g/mol. The normalized spacial score (nSPS) is 18.5. The SMILES string of the molecule is CCNC(=NCc1ccc(C(=O)N2CCNC(=O)C2)cc1)NCCCOCC1CCCO1.I. The summed E-state index contributed by atoms with van der Waals surface area (Å²) in [5.41, 5.74) is 1.59. The summed E-state index contributed by atoms with van der Waals surface area (Å²) in [5.74, 6) is 0.520. The Kier molecular flexibility index (Phi) is 12.5. The second-order valence-electron chi connectivity index (χ2n) is 7.96. The maximum atomic E-state index is 12.6. The van der Waals surface area contributed by atoms with E-state index in [0.29, 0.717) is 38.4 Å². The van der Waals surface area contributed by atoms with E-state index in [2.05, 4.69) is 20.9 Å². The first-order valence-electron chi connectivity index (χ1n) is 11.5. The second kappa shape index (κ2) is 15.1. The van der Waals surface area contributed by atoms with Crippen molar-refractivity contribution in [1.29, 1.82) is 0 Å². The van der Waals surface area contributed by atoms with E-state index in [1.54, 1.807) is 17.0 Å². The second-order valence-corrected chi connectivity index (χ2v) is 7.96. The zero-order chi connectivity index (χ0) is 22.6. The molecule has 0 radical (unpaired) electrons. The van der Waals surface area contributed by atoms with Crippen LogP contribution in [-0.4, -0.2) is 81.3 Å². The highest BCUT2D eigenvalue weighted by atomic mass is 127. The first kappa shape index (κ1) is 27.3. The topological polar surface area (TPSA) is 104 Å². The lowest BCUT2D eigenvalue weighted by atomic mass is 10.1. The molecule has 1 atom stereocenters. The Morgan fingerprint density at radius 1 is 1.30 bits per heavy atom. The highest BCUT2D eigenvalue weighted by molar-refractivity contribution is 14.0. The summed E-state index contributed by atoms with van der Waals surface area (Å²) < 4.78 is 11.2. The van der Waals surface area contributed by atoms with Crippen LogP contribution in [0.25, 0.3) is 0 Å².